The molecule has 3 aromatic carbocycles. The van der Waals surface area contributed by atoms with Crippen LogP contribution in [-0.2, 0) is 44.8 Å². The lowest BCUT2D eigenvalue weighted by atomic mass is 10.0. The second-order valence-corrected chi connectivity index (χ2v) is 20.2. The first-order valence-corrected chi connectivity index (χ1v) is 27.4. The van der Waals surface area contributed by atoms with Gasteiger partial charge in [0, 0.05) is 37.2 Å². The summed E-state index contributed by atoms with van der Waals surface area (Å²) in [5.74, 6) is -5.48. The van der Waals surface area contributed by atoms with Gasteiger partial charge in [-0.15, -0.1) is 0 Å². The smallest absolute Gasteiger partial charge is 0.251 e. The second-order valence-electron chi connectivity index (χ2n) is 20.2. The number of guanidine groups is 3. The molecule has 3 aromatic rings. The Balaban J connectivity index is 0.000000580. The van der Waals surface area contributed by atoms with Crippen molar-refractivity contribution in [2.45, 2.75) is 115 Å². The van der Waals surface area contributed by atoms with Crippen LogP contribution in [0.3, 0.4) is 0 Å². The maximum absolute atomic E-state index is 13.6. The van der Waals surface area contributed by atoms with E-state index in [1.54, 1.807) is 74.5 Å². The average Bonchev–Trinajstić information content (AvgIpc) is 3.65. The number of benzene rings is 3. The van der Waals surface area contributed by atoms with Gasteiger partial charge in [-0.1, -0.05) is 94.4 Å². The summed E-state index contributed by atoms with van der Waals surface area (Å²) in [4.78, 5) is 136. The zero-order valence-electron chi connectivity index (χ0n) is 48.4. The van der Waals surface area contributed by atoms with E-state index in [1.807, 2.05) is 44.2 Å². The molecule has 22 N–H and O–H groups in total. The van der Waals surface area contributed by atoms with Crippen molar-refractivity contribution < 1.29 is 47.9 Å². The van der Waals surface area contributed by atoms with Crippen LogP contribution in [0.4, 0.5) is 0 Å². The summed E-state index contributed by atoms with van der Waals surface area (Å²) in [5, 5.41) is 16.1. The van der Waals surface area contributed by atoms with Crippen LogP contribution in [0.15, 0.2) is 106 Å². The van der Waals surface area contributed by atoms with E-state index in [4.69, 9.17) is 45.9 Å². The lowest BCUT2D eigenvalue weighted by molar-refractivity contribution is -0.132. The summed E-state index contributed by atoms with van der Waals surface area (Å²) >= 11 is 0. The van der Waals surface area contributed by atoms with Crippen LogP contribution in [0.5, 0.6) is 0 Å². The Labute approximate surface area is 494 Å². The summed E-state index contributed by atoms with van der Waals surface area (Å²) in [6.45, 7) is 7.91. The number of primary amides is 2. The molecule has 0 aliphatic heterocycles. The third kappa shape index (κ3) is 29.0. The van der Waals surface area contributed by atoms with Gasteiger partial charge in [0.25, 0.3) is 11.8 Å². The Morgan fingerprint density at radius 3 is 1.21 bits per heavy atom. The Hall–Kier alpha value is -9.95. The van der Waals surface area contributed by atoms with Crippen molar-refractivity contribution in [3.8, 4) is 0 Å². The van der Waals surface area contributed by atoms with Gasteiger partial charge >= 0.3 is 0 Å². The number of aldehydes is 2. The predicted molar refractivity (Wildman–Crippen MR) is 326 cm³/mol. The van der Waals surface area contributed by atoms with Crippen LogP contribution in [0.2, 0.25) is 0 Å². The van der Waals surface area contributed by atoms with E-state index in [-0.39, 0.29) is 75.0 Å². The number of rotatable bonds is 35. The molecule has 3 rings (SSSR count). The van der Waals surface area contributed by atoms with E-state index >= 15 is 0 Å². The molecular formula is C58H83N17O10. The molecular weight excluding hydrogens is 1090 g/mol. The van der Waals surface area contributed by atoms with Crippen LogP contribution >= 0.6 is 0 Å². The number of amides is 8. The van der Waals surface area contributed by atoms with Gasteiger partial charge in [0.2, 0.25) is 35.4 Å². The molecule has 8 amide bonds. The fraction of sp³-hybridized carbons (Fsp3) is 0.397. The summed E-state index contributed by atoms with van der Waals surface area (Å²) < 4.78 is 0. The monoisotopic (exact) mass is 1180 g/mol. The summed E-state index contributed by atoms with van der Waals surface area (Å²) in [7, 11) is 0. The van der Waals surface area contributed by atoms with Gasteiger partial charge < -0.3 is 77.8 Å². The zero-order chi connectivity index (χ0) is 63.4. The summed E-state index contributed by atoms with van der Waals surface area (Å²) in [6.07, 6.45) is 9.12. The molecule has 27 heteroatoms. The van der Waals surface area contributed by atoms with Gasteiger partial charge in [-0.3, -0.25) is 62.9 Å². The minimum absolute atomic E-state index is 0.0771. The maximum Gasteiger partial charge on any atom is 0.251 e. The van der Waals surface area contributed by atoms with E-state index in [9.17, 15) is 47.9 Å². The molecule has 27 nitrogen and oxygen atoms in total. The summed E-state index contributed by atoms with van der Waals surface area (Å²) in [5.41, 5.74) is 46.0. The van der Waals surface area contributed by atoms with Crippen molar-refractivity contribution in [3.05, 3.63) is 119 Å². The molecule has 0 saturated carbocycles. The molecule has 0 fully saturated rings. The van der Waals surface area contributed by atoms with Crippen molar-refractivity contribution in [2.75, 3.05) is 19.6 Å². The van der Waals surface area contributed by atoms with Gasteiger partial charge in [-0.25, -0.2) is 0 Å². The van der Waals surface area contributed by atoms with Gasteiger partial charge in [0.1, 0.15) is 48.8 Å². The average molecular weight is 1180 g/mol. The van der Waals surface area contributed by atoms with Crippen molar-refractivity contribution in [2.24, 2.45) is 72.7 Å². The number of nitrogens with one attached hydrogen (secondary N) is 6. The minimum Gasteiger partial charge on any atom is -0.370 e. The number of hydrogen-bond donors (Lipinski definition) is 14. The van der Waals surface area contributed by atoms with Crippen LogP contribution in [0, 0.1) is 11.8 Å². The first kappa shape index (κ1) is 71.2. The highest BCUT2D eigenvalue weighted by Gasteiger charge is 2.32. The fourth-order valence-electron chi connectivity index (χ4n) is 7.98. The van der Waals surface area contributed by atoms with Gasteiger partial charge in [0.05, 0.1) is 0 Å². The van der Waals surface area contributed by atoms with E-state index in [1.165, 1.54) is 12.2 Å². The Kier molecular flexibility index (Phi) is 32.4. The number of nitrogens with zero attached hydrogens (tertiary/aromatic N) is 3. The molecule has 0 spiro atoms. The normalized spacial score (nSPS) is 13.0. The zero-order valence-corrected chi connectivity index (χ0v) is 48.4. The minimum atomic E-state index is -1.09. The highest BCUT2D eigenvalue weighted by molar-refractivity contribution is 6.00. The third-order valence-electron chi connectivity index (χ3n) is 12.3. The second kappa shape index (κ2) is 38.7. The molecule has 0 saturated heterocycles. The van der Waals surface area contributed by atoms with Crippen molar-refractivity contribution in [1.29, 1.82) is 0 Å². The van der Waals surface area contributed by atoms with E-state index < -0.39 is 83.5 Å². The van der Waals surface area contributed by atoms with Gasteiger partial charge in [-0.05, 0) is 110 Å². The summed E-state index contributed by atoms with van der Waals surface area (Å²) in [6, 6.07) is 15.9. The Bertz CT molecular complexity index is 2830. The van der Waals surface area contributed by atoms with E-state index in [2.05, 4.69) is 46.9 Å². The molecule has 460 valence electrons. The first-order valence-electron chi connectivity index (χ1n) is 27.4. The number of allylic oxidation sites excluding steroid dienone is 2. The number of carbonyl (C=O) groups is 10. The Morgan fingerprint density at radius 1 is 0.447 bits per heavy atom. The van der Waals surface area contributed by atoms with Crippen LogP contribution in [-0.4, -0.2) is 134 Å². The highest BCUT2D eigenvalue weighted by Crippen LogP contribution is 2.13. The topological polar surface area (TPSA) is 488 Å². The first-order chi connectivity index (χ1) is 40.3. The number of aliphatic imine (C=N–C) groups is 3. The lowest BCUT2D eigenvalue weighted by Gasteiger charge is -2.26. The molecule has 6 atom stereocenters. The van der Waals surface area contributed by atoms with Gasteiger partial charge in [-0.2, -0.15) is 0 Å². The van der Waals surface area contributed by atoms with E-state index in [0.29, 0.717) is 49.4 Å². The molecule has 0 heterocycles. The van der Waals surface area contributed by atoms with Crippen LogP contribution in [0.1, 0.15) is 110 Å². The predicted octanol–water partition coefficient (Wildman–Crippen LogP) is -0.990. The quantitative estimate of drug-likeness (QED) is 0.0111. The van der Waals surface area contributed by atoms with Crippen molar-refractivity contribution in [1.82, 2.24) is 31.9 Å². The molecule has 0 aliphatic carbocycles. The van der Waals surface area contributed by atoms with E-state index in [0.717, 1.165) is 16.7 Å². The molecule has 0 unspecified atom stereocenters. The standard InChI is InChI=1S/C31H41N7O5.C27H42N10O5/c1-20(2)18-25(27(32)40)37-29(42)24(11-6-16-35-31(33)34)36-30(43)26(19-22-8-4-3-5-9-22)38-28(41)23-14-12-21(13-15-23)10-7-17-39;1-16(2)21(37-23(40)18-11-9-17(10-12-18)6-5-15-38)25(42)36-20(8-4-14-34-27(31)32)24(41)35-19(22(28)39)7-3-13-33-26(29)30/h3-5,7-10,12-15,17,20,24-26H,6,11,16,18-19H2,1-2H3,(H2,32,40)(H,36,43)(H,37,42)(H,38,41)(H4,33,34,35);5-6,9-12,15-16,19-21H,3-4,7-8,13-14H2,1-2H3,(H2,28,39)(H,35,41)(H,36,42)(H,37,40)(H4,29,30,33)(H4,31,32,34)/b10-7+;6-5+/t24-,25-,26-;19-,20-,21-/m00/s1. The fourth-order valence-corrected chi connectivity index (χ4v) is 7.98. The molecule has 0 aliphatic rings. The molecule has 85 heavy (non-hydrogen) atoms. The number of hydrogen-bond acceptors (Lipinski definition) is 13. The number of nitrogens with two attached hydrogens (primary N) is 8. The van der Waals surface area contributed by atoms with Crippen LogP contribution < -0.4 is 77.8 Å². The molecule has 0 radical (unpaired) electrons. The third-order valence-corrected chi connectivity index (χ3v) is 12.3. The molecule has 0 aromatic heterocycles. The SMILES string of the molecule is CC(C)C[C@H](NC(=O)[C@H](CCCN=C(N)N)NC(=O)[C@H](Cc1ccccc1)NC(=O)c1ccc(/C=C/C=O)cc1)C(N)=O.CC(C)[C@H](NC(=O)c1ccc(/C=C/C=O)cc1)C(=O)N[C@@H](CCCN=C(N)N)C(=O)N[C@@H](CCCN=C(N)N)C(N)=O. The number of carbonyl (C=O) groups excluding carboxylic acids is 10. The van der Waals surface area contributed by atoms with Gasteiger partial charge in [0.15, 0.2) is 17.9 Å². The largest absolute Gasteiger partial charge is 0.370 e. The maximum atomic E-state index is 13.6. The van der Waals surface area contributed by atoms with Crippen molar-refractivity contribution >= 4 is 89.9 Å². The van der Waals surface area contributed by atoms with Crippen molar-refractivity contribution in [3.63, 3.8) is 0 Å². The van der Waals surface area contributed by atoms with Crippen LogP contribution in [0.25, 0.3) is 12.2 Å². The molecule has 0 bridgehead atoms. The Morgan fingerprint density at radius 2 is 0.824 bits per heavy atom. The lowest BCUT2D eigenvalue weighted by Crippen LogP contribution is -2.57. The highest BCUT2D eigenvalue weighted by atomic mass is 16.2.